The van der Waals surface area contributed by atoms with Crippen LogP contribution in [0.2, 0.25) is 0 Å². The lowest BCUT2D eigenvalue weighted by Crippen LogP contribution is -2.28. The Labute approximate surface area is 87.6 Å². The van der Waals surface area contributed by atoms with Crippen molar-refractivity contribution in [1.82, 2.24) is 15.5 Å². The number of hydrogen-bond donors (Lipinski definition) is 2. The van der Waals surface area contributed by atoms with E-state index in [0.717, 1.165) is 6.54 Å². The zero-order chi connectivity index (χ0) is 10.9. The lowest BCUT2D eigenvalue weighted by molar-refractivity contribution is 0.0242. The summed E-state index contributed by atoms with van der Waals surface area (Å²) in [5.41, 5.74) is -1.02. The van der Waals surface area contributed by atoms with Crippen molar-refractivity contribution in [2.24, 2.45) is 0 Å². The molecule has 1 aromatic rings. The number of aromatic nitrogens is 2. The first-order valence-corrected chi connectivity index (χ1v) is 4.96. The number of nitrogens with zero attached hydrogens (tertiary/aromatic N) is 2. The van der Waals surface area contributed by atoms with Gasteiger partial charge in [0.15, 0.2) is 11.4 Å². The molecule has 6 nitrogen and oxygen atoms in total. The van der Waals surface area contributed by atoms with Crippen LogP contribution in [0.3, 0.4) is 0 Å². The lowest BCUT2D eigenvalue weighted by Gasteiger charge is -2.14. The molecule has 0 aliphatic carbocycles. The summed E-state index contributed by atoms with van der Waals surface area (Å²) in [4.78, 5) is 4.14. The van der Waals surface area contributed by atoms with Crippen molar-refractivity contribution in [3.8, 4) is 0 Å². The van der Waals surface area contributed by atoms with Crippen LogP contribution >= 0.6 is 0 Å². The maximum Gasteiger partial charge on any atom is 0.260 e. The Balaban J connectivity index is 2.19. The predicted octanol–water partition coefficient (Wildman–Crippen LogP) is -0.0421. The number of hydrogen-bond acceptors (Lipinski definition) is 6. The van der Waals surface area contributed by atoms with Crippen LogP contribution < -0.4 is 5.32 Å². The molecule has 2 rings (SSSR count). The summed E-state index contributed by atoms with van der Waals surface area (Å²) in [6, 6.07) is 0. The number of aliphatic hydroxyl groups is 1. The molecule has 0 aromatic carbocycles. The second-order valence-electron chi connectivity index (χ2n) is 3.79. The minimum atomic E-state index is -1.02. The molecule has 2 N–H and O–H groups in total. The molecular weight excluding hydrogens is 198 g/mol. The summed E-state index contributed by atoms with van der Waals surface area (Å²) in [5, 5.41) is 17.0. The first-order valence-electron chi connectivity index (χ1n) is 4.96. The van der Waals surface area contributed by atoms with Crippen molar-refractivity contribution in [3.05, 3.63) is 11.7 Å². The summed E-state index contributed by atoms with van der Waals surface area (Å²) < 4.78 is 10.1. The third-order valence-electron chi connectivity index (χ3n) is 2.69. The molecule has 2 atom stereocenters. The molecule has 2 heterocycles. The molecule has 1 fully saturated rings. The summed E-state index contributed by atoms with van der Waals surface area (Å²) in [6.45, 7) is 3.04. The Hall–Kier alpha value is -0.980. The van der Waals surface area contributed by atoms with E-state index in [9.17, 15) is 5.11 Å². The van der Waals surface area contributed by atoms with Crippen molar-refractivity contribution in [1.29, 1.82) is 0 Å². The van der Waals surface area contributed by atoms with Gasteiger partial charge in [0, 0.05) is 13.7 Å². The fourth-order valence-corrected chi connectivity index (χ4v) is 1.56. The minimum absolute atomic E-state index is 0.222. The fraction of sp³-hybridized carbons (Fsp3) is 0.778. The Bertz CT molecular complexity index is 333. The van der Waals surface area contributed by atoms with Crippen LogP contribution in [0.1, 0.15) is 31.2 Å². The van der Waals surface area contributed by atoms with Crippen molar-refractivity contribution in [2.45, 2.75) is 25.0 Å². The van der Waals surface area contributed by atoms with Crippen LogP contribution in [0, 0.1) is 0 Å². The molecule has 1 aliphatic heterocycles. The smallest absolute Gasteiger partial charge is 0.260 e. The Morgan fingerprint density at radius 3 is 3.07 bits per heavy atom. The van der Waals surface area contributed by atoms with E-state index in [1.807, 2.05) is 6.92 Å². The first kappa shape index (κ1) is 10.5. The van der Waals surface area contributed by atoms with Crippen LogP contribution in [-0.2, 0) is 10.3 Å². The van der Waals surface area contributed by atoms with Gasteiger partial charge in [-0.2, -0.15) is 4.98 Å². The number of nitrogens with one attached hydrogen (secondary N) is 1. The molecule has 84 valence electrons. The molecule has 6 heteroatoms. The van der Waals surface area contributed by atoms with Gasteiger partial charge in [-0.15, -0.1) is 0 Å². The van der Waals surface area contributed by atoms with E-state index in [-0.39, 0.29) is 12.0 Å². The van der Waals surface area contributed by atoms with E-state index in [4.69, 9.17) is 9.26 Å². The molecule has 0 saturated carbocycles. The normalized spacial score (nSPS) is 28.2. The highest BCUT2D eigenvalue weighted by atomic mass is 16.5. The van der Waals surface area contributed by atoms with Crippen LogP contribution in [0.25, 0.3) is 0 Å². The number of β-amino-alcohol motifs (C(OH)–C–C–N with tert-alkyl or cyclic N) is 1. The maximum absolute atomic E-state index is 10.1. The zero-order valence-corrected chi connectivity index (χ0v) is 8.86. The molecular formula is C9H15N3O3. The highest BCUT2D eigenvalue weighted by molar-refractivity contribution is 5.04. The number of ether oxygens (including phenoxy) is 1. The van der Waals surface area contributed by atoms with Crippen molar-refractivity contribution < 1.29 is 14.4 Å². The third-order valence-corrected chi connectivity index (χ3v) is 2.69. The van der Waals surface area contributed by atoms with E-state index < -0.39 is 5.60 Å². The third kappa shape index (κ3) is 1.88. The summed E-state index contributed by atoms with van der Waals surface area (Å²) in [6.07, 6.45) is 0.371. The van der Waals surface area contributed by atoms with Gasteiger partial charge < -0.3 is 19.7 Å². The Morgan fingerprint density at radius 2 is 2.47 bits per heavy atom. The van der Waals surface area contributed by atoms with E-state index in [2.05, 4.69) is 15.5 Å². The van der Waals surface area contributed by atoms with Crippen LogP contribution in [-0.4, -0.2) is 35.4 Å². The zero-order valence-electron chi connectivity index (χ0n) is 8.86. The van der Waals surface area contributed by atoms with Crippen LogP contribution in [0.4, 0.5) is 0 Å². The van der Waals surface area contributed by atoms with Gasteiger partial charge in [-0.25, -0.2) is 0 Å². The van der Waals surface area contributed by atoms with Gasteiger partial charge in [0.05, 0.1) is 0 Å². The van der Waals surface area contributed by atoms with Gasteiger partial charge in [-0.1, -0.05) is 5.16 Å². The molecule has 1 aliphatic rings. The quantitative estimate of drug-likeness (QED) is 0.733. The average Bonchev–Trinajstić information content (AvgIpc) is 2.85. The lowest BCUT2D eigenvalue weighted by atomic mass is 10.0. The SMILES string of the molecule is COC(C)c1noc(C2(O)CCNC2)n1. The van der Waals surface area contributed by atoms with Gasteiger partial charge in [0.1, 0.15) is 6.10 Å². The van der Waals surface area contributed by atoms with E-state index in [1.165, 1.54) is 0 Å². The van der Waals surface area contributed by atoms with Crippen molar-refractivity contribution >= 4 is 0 Å². The Morgan fingerprint density at radius 1 is 1.67 bits per heavy atom. The first-order chi connectivity index (χ1) is 7.15. The monoisotopic (exact) mass is 213 g/mol. The summed E-state index contributed by atoms with van der Waals surface area (Å²) in [7, 11) is 1.58. The molecule has 15 heavy (non-hydrogen) atoms. The summed E-state index contributed by atoms with van der Waals surface area (Å²) >= 11 is 0. The minimum Gasteiger partial charge on any atom is -0.379 e. The molecule has 0 amide bonds. The van der Waals surface area contributed by atoms with Crippen molar-refractivity contribution in [3.63, 3.8) is 0 Å². The summed E-state index contributed by atoms with van der Waals surface area (Å²) in [5.74, 6) is 0.735. The average molecular weight is 213 g/mol. The molecule has 2 unspecified atom stereocenters. The molecule has 0 radical (unpaired) electrons. The van der Waals surface area contributed by atoms with Gasteiger partial charge in [-0.3, -0.25) is 0 Å². The van der Waals surface area contributed by atoms with E-state index >= 15 is 0 Å². The Kier molecular flexibility index (Phi) is 2.72. The molecule has 0 spiro atoms. The number of rotatable bonds is 3. The van der Waals surface area contributed by atoms with Gasteiger partial charge in [0.2, 0.25) is 0 Å². The van der Waals surface area contributed by atoms with Gasteiger partial charge in [-0.05, 0) is 19.9 Å². The number of methoxy groups -OCH3 is 1. The highest BCUT2D eigenvalue weighted by Crippen LogP contribution is 2.27. The van der Waals surface area contributed by atoms with Crippen LogP contribution in [0.15, 0.2) is 4.52 Å². The molecule has 1 aromatic heterocycles. The van der Waals surface area contributed by atoms with Gasteiger partial charge in [0.25, 0.3) is 5.89 Å². The van der Waals surface area contributed by atoms with E-state index in [1.54, 1.807) is 7.11 Å². The predicted molar refractivity (Wildman–Crippen MR) is 51.1 cm³/mol. The largest absolute Gasteiger partial charge is 0.379 e. The topological polar surface area (TPSA) is 80.4 Å². The molecule has 1 saturated heterocycles. The second kappa shape index (κ2) is 3.88. The maximum atomic E-state index is 10.1. The highest BCUT2D eigenvalue weighted by Gasteiger charge is 2.39. The van der Waals surface area contributed by atoms with E-state index in [0.29, 0.717) is 18.8 Å². The standard InChI is InChI=1S/C9H15N3O3/c1-6(14-2)7-11-8(15-12-7)9(13)3-4-10-5-9/h6,10,13H,3-5H2,1-2H3. The van der Waals surface area contributed by atoms with Crippen LogP contribution in [0.5, 0.6) is 0 Å². The fourth-order valence-electron chi connectivity index (χ4n) is 1.56. The van der Waals surface area contributed by atoms with Gasteiger partial charge >= 0.3 is 0 Å². The molecule has 0 bridgehead atoms. The van der Waals surface area contributed by atoms with Crippen molar-refractivity contribution in [2.75, 3.05) is 20.2 Å². The second-order valence-corrected chi connectivity index (χ2v) is 3.79.